The summed E-state index contributed by atoms with van der Waals surface area (Å²) in [5, 5.41) is 10.2. The van der Waals surface area contributed by atoms with Gasteiger partial charge in [0.1, 0.15) is 23.7 Å². The molecule has 0 atom stereocenters. The zero-order valence-electron chi connectivity index (χ0n) is 10.6. The van der Waals surface area contributed by atoms with Crippen LogP contribution in [0.15, 0.2) is 63.8 Å². The lowest BCUT2D eigenvalue weighted by molar-refractivity contribution is 0.306. The van der Waals surface area contributed by atoms with Crippen molar-refractivity contribution < 1.29 is 14.3 Å². The van der Waals surface area contributed by atoms with Gasteiger partial charge in [0.05, 0.1) is 0 Å². The van der Waals surface area contributed by atoms with E-state index in [4.69, 9.17) is 9.15 Å². The van der Waals surface area contributed by atoms with Crippen molar-refractivity contribution in [2.24, 2.45) is 0 Å². The number of hydrogen-bond acceptors (Lipinski definition) is 4. The predicted molar refractivity (Wildman–Crippen MR) is 74.9 cm³/mol. The second kappa shape index (κ2) is 5.09. The van der Waals surface area contributed by atoms with Crippen LogP contribution in [0.25, 0.3) is 11.0 Å². The average Bonchev–Trinajstić information content (AvgIpc) is 2.45. The molecule has 2 aromatic carbocycles. The van der Waals surface area contributed by atoms with E-state index in [9.17, 15) is 9.90 Å². The normalized spacial score (nSPS) is 10.6. The molecule has 0 bridgehead atoms. The van der Waals surface area contributed by atoms with Gasteiger partial charge in [0.2, 0.25) is 0 Å². The topological polar surface area (TPSA) is 59.7 Å². The maximum Gasteiger partial charge on any atom is 0.336 e. The van der Waals surface area contributed by atoms with Crippen LogP contribution in [0, 0.1) is 0 Å². The molecular formula is C16H12O4. The summed E-state index contributed by atoms with van der Waals surface area (Å²) in [4.78, 5) is 11.5. The number of phenols is 1. The van der Waals surface area contributed by atoms with Gasteiger partial charge in [-0.05, 0) is 24.3 Å². The third-order valence-corrected chi connectivity index (χ3v) is 2.95. The molecule has 0 saturated heterocycles. The van der Waals surface area contributed by atoms with Gasteiger partial charge in [0.15, 0.2) is 0 Å². The van der Waals surface area contributed by atoms with E-state index >= 15 is 0 Å². The van der Waals surface area contributed by atoms with Crippen molar-refractivity contribution in [3.05, 3.63) is 70.6 Å². The largest absolute Gasteiger partial charge is 0.508 e. The first-order chi connectivity index (χ1) is 9.72. The maximum atomic E-state index is 11.5. The predicted octanol–water partition coefficient (Wildman–Crippen LogP) is 3.08. The van der Waals surface area contributed by atoms with Crippen LogP contribution in [0.1, 0.15) is 5.56 Å². The van der Waals surface area contributed by atoms with E-state index < -0.39 is 5.63 Å². The Balaban J connectivity index is 1.97. The van der Waals surface area contributed by atoms with E-state index in [1.165, 1.54) is 12.1 Å². The van der Waals surface area contributed by atoms with Crippen molar-refractivity contribution in [2.45, 2.75) is 6.61 Å². The maximum absolute atomic E-state index is 11.5. The quantitative estimate of drug-likeness (QED) is 0.741. The molecule has 3 aromatic rings. The highest BCUT2D eigenvalue weighted by Crippen LogP contribution is 2.22. The molecule has 3 rings (SSSR count). The number of hydrogen-bond donors (Lipinski definition) is 1. The van der Waals surface area contributed by atoms with Gasteiger partial charge in [-0.2, -0.15) is 0 Å². The second-order valence-corrected chi connectivity index (χ2v) is 4.37. The van der Waals surface area contributed by atoms with Gasteiger partial charge in [-0.3, -0.25) is 0 Å². The molecule has 100 valence electrons. The molecule has 1 N–H and O–H groups in total. The minimum Gasteiger partial charge on any atom is -0.508 e. The van der Waals surface area contributed by atoms with Crippen molar-refractivity contribution in [1.82, 2.24) is 0 Å². The molecule has 0 amide bonds. The number of ether oxygens (including phenoxy) is 1. The molecule has 0 saturated carbocycles. The second-order valence-electron chi connectivity index (χ2n) is 4.37. The van der Waals surface area contributed by atoms with Crippen LogP contribution in [0.2, 0.25) is 0 Å². The van der Waals surface area contributed by atoms with E-state index in [0.717, 1.165) is 16.7 Å². The van der Waals surface area contributed by atoms with Gasteiger partial charge in [0.25, 0.3) is 0 Å². The molecule has 20 heavy (non-hydrogen) atoms. The van der Waals surface area contributed by atoms with E-state index in [-0.39, 0.29) is 12.4 Å². The number of benzene rings is 2. The molecular weight excluding hydrogens is 256 g/mol. The van der Waals surface area contributed by atoms with Gasteiger partial charge in [-0.15, -0.1) is 0 Å². The van der Waals surface area contributed by atoms with Gasteiger partial charge in [0, 0.05) is 23.1 Å². The Morgan fingerprint density at radius 2 is 1.85 bits per heavy atom. The summed E-state index contributed by atoms with van der Waals surface area (Å²) in [6, 6.07) is 15.4. The zero-order valence-corrected chi connectivity index (χ0v) is 10.6. The third-order valence-electron chi connectivity index (χ3n) is 2.95. The van der Waals surface area contributed by atoms with Crippen molar-refractivity contribution in [1.29, 1.82) is 0 Å². The Morgan fingerprint density at radius 1 is 1.05 bits per heavy atom. The van der Waals surface area contributed by atoms with Crippen LogP contribution in [0.3, 0.4) is 0 Å². The molecule has 0 spiro atoms. The Labute approximate surface area is 114 Å². The fraction of sp³-hybridized carbons (Fsp3) is 0.0625. The van der Waals surface area contributed by atoms with Crippen LogP contribution in [-0.2, 0) is 6.61 Å². The van der Waals surface area contributed by atoms with Gasteiger partial charge < -0.3 is 14.3 Å². The average molecular weight is 268 g/mol. The lowest BCUT2D eigenvalue weighted by Gasteiger charge is -2.08. The third kappa shape index (κ3) is 2.49. The van der Waals surface area contributed by atoms with E-state index in [0.29, 0.717) is 5.58 Å². The first-order valence-corrected chi connectivity index (χ1v) is 6.16. The molecule has 0 aliphatic heterocycles. The fourth-order valence-corrected chi connectivity index (χ4v) is 2.02. The Kier molecular flexibility index (Phi) is 3.13. The minimum atomic E-state index is -0.463. The Hall–Kier alpha value is -2.75. The minimum absolute atomic E-state index is 0.0572. The highest BCUT2D eigenvalue weighted by atomic mass is 16.5. The van der Waals surface area contributed by atoms with E-state index in [2.05, 4.69) is 0 Å². The van der Waals surface area contributed by atoms with Crippen molar-refractivity contribution in [3.8, 4) is 11.5 Å². The summed E-state index contributed by atoms with van der Waals surface area (Å²) in [5.41, 5.74) is 0.610. The molecule has 4 heteroatoms. The van der Waals surface area contributed by atoms with Crippen molar-refractivity contribution in [3.63, 3.8) is 0 Å². The molecule has 0 aliphatic rings. The SMILES string of the molecule is O=c1cc(COc2ccccc2)c2ccc(O)cc2o1. The van der Waals surface area contributed by atoms with Crippen LogP contribution in [0.5, 0.6) is 11.5 Å². The monoisotopic (exact) mass is 268 g/mol. The highest BCUT2D eigenvalue weighted by molar-refractivity contribution is 5.81. The van der Waals surface area contributed by atoms with E-state index in [1.54, 1.807) is 12.1 Å². The molecule has 0 unspecified atom stereocenters. The lowest BCUT2D eigenvalue weighted by atomic mass is 10.1. The summed E-state index contributed by atoms with van der Waals surface area (Å²) in [5.74, 6) is 0.787. The first kappa shape index (κ1) is 12.3. The van der Waals surface area contributed by atoms with Gasteiger partial charge in [-0.1, -0.05) is 18.2 Å². The highest BCUT2D eigenvalue weighted by Gasteiger charge is 2.07. The summed E-state index contributed by atoms with van der Waals surface area (Å²) < 4.78 is 10.7. The van der Waals surface area contributed by atoms with Gasteiger partial charge >= 0.3 is 5.63 Å². The first-order valence-electron chi connectivity index (χ1n) is 6.16. The van der Waals surface area contributed by atoms with Gasteiger partial charge in [-0.25, -0.2) is 4.79 Å². The van der Waals surface area contributed by atoms with Crippen LogP contribution in [-0.4, -0.2) is 5.11 Å². The lowest BCUT2D eigenvalue weighted by Crippen LogP contribution is -2.03. The molecule has 4 nitrogen and oxygen atoms in total. The summed E-state index contributed by atoms with van der Waals surface area (Å²) in [6.07, 6.45) is 0. The molecule has 0 aliphatic carbocycles. The fourth-order valence-electron chi connectivity index (χ4n) is 2.02. The standard InChI is InChI=1S/C16H12O4/c17-12-6-7-14-11(8-16(18)20-15(14)9-12)10-19-13-4-2-1-3-5-13/h1-9,17H,10H2. The Morgan fingerprint density at radius 3 is 2.65 bits per heavy atom. The molecule has 1 heterocycles. The number of para-hydroxylation sites is 1. The van der Waals surface area contributed by atoms with Crippen molar-refractivity contribution >= 4 is 11.0 Å². The van der Waals surface area contributed by atoms with Crippen LogP contribution in [0.4, 0.5) is 0 Å². The van der Waals surface area contributed by atoms with Crippen LogP contribution < -0.4 is 10.4 Å². The summed E-state index contributed by atoms with van der Waals surface area (Å²) in [6.45, 7) is 0.261. The van der Waals surface area contributed by atoms with Crippen molar-refractivity contribution in [2.75, 3.05) is 0 Å². The smallest absolute Gasteiger partial charge is 0.336 e. The molecule has 0 fully saturated rings. The van der Waals surface area contributed by atoms with Crippen LogP contribution >= 0.6 is 0 Å². The Bertz CT molecular complexity index is 790. The number of aromatic hydroxyl groups is 1. The summed E-state index contributed by atoms with van der Waals surface area (Å²) >= 11 is 0. The number of rotatable bonds is 3. The van der Waals surface area contributed by atoms with E-state index in [1.807, 2.05) is 30.3 Å². The summed E-state index contributed by atoms with van der Waals surface area (Å²) in [7, 11) is 0. The number of fused-ring (bicyclic) bond motifs is 1. The molecule has 1 aromatic heterocycles. The number of phenolic OH excluding ortho intramolecular Hbond substituents is 1. The molecule has 0 radical (unpaired) electrons. The zero-order chi connectivity index (χ0) is 13.9.